The van der Waals surface area contributed by atoms with Crippen LogP contribution >= 0.6 is 12.6 Å². The average molecular weight is 386 g/mol. The van der Waals surface area contributed by atoms with Gasteiger partial charge < -0.3 is 14.3 Å². The predicted octanol–water partition coefficient (Wildman–Crippen LogP) is 2.52. The molecule has 2 atom stereocenters. The van der Waals surface area contributed by atoms with E-state index in [9.17, 15) is 9.59 Å². The van der Waals surface area contributed by atoms with Gasteiger partial charge in [0.25, 0.3) is 0 Å². The number of hydrogen-bond donors (Lipinski definition) is 2. The van der Waals surface area contributed by atoms with Crippen molar-refractivity contribution in [2.24, 2.45) is 23.7 Å². The number of hydrogen-bond acceptors (Lipinski definition) is 7. The lowest BCUT2D eigenvalue weighted by atomic mass is 9.53. The zero-order valence-electron chi connectivity index (χ0n) is 15.7. The van der Waals surface area contributed by atoms with Crippen LogP contribution in [0.1, 0.15) is 52.4 Å². The molecule has 0 aliphatic heterocycles. The number of carbonyl (C=O) groups excluding carboxylic acids is 2. The first-order valence-corrected chi connectivity index (χ1v) is 10.4. The number of esters is 1. The van der Waals surface area contributed by atoms with Gasteiger partial charge in [0.15, 0.2) is 0 Å². The Kier molecular flexibility index (Phi) is 6.51. The Morgan fingerprint density at radius 2 is 1.69 bits per heavy atom. The van der Waals surface area contributed by atoms with E-state index in [1.54, 1.807) is 6.92 Å². The van der Waals surface area contributed by atoms with Gasteiger partial charge in [-0.1, -0.05) is 6.92 Å². The van der Waals surface area contributed by atoms with Crippen molar-refractivity contribution >= 4 is 24.6 Å². The Labute approximate surface area is 161 Å². The van der Waals surface area contributed by atoms with Crippen LogP contribution in [0.2, 0.25) is 0 Å². The van der Waals surface area contributed by atoms with Crippen LogP contribution in [-0.2, 0) is 23.9 Å². The minimum absolute atomic E-state index is 0.00290. The smallest absolute Gasteiger partial charge is 0.368 e. The summed E-state index contributed by atoms with van der Waals surface area (Å²) in [5, 5.41) is 0. The van der Waals surface area contributed by atoms with Crippen LogP contribution in [-0.4, -0.2) is 42.5 Å². The van der Waals surface area contributed by atoms with Crippen LogP contribution in [0.25, 0.3) is 0 Å². The highest BCUT2D eigenvalue weighted by atomic mass is 32.1. The Hall–Kier alpha value is -0.790. The van der Waals surface area contributed by atoms with Crippen molar-refractivity contribution in [3.8, 4) is 0 Å². The summed E-state index contributed by atoms with van der Waals surface area (Å²) in [5.74, 6) is 1.18. The van der Waals surface area contributed by atoms with E-state index < -0.39 is 18.0 Å². The van der Waals surface area contributed by atoms with E-state index in [2.05, 4.69) is 18.1 Å². The van der Waals surface area contributed by atoms with Crippen molar-refractivity contribution < 1.29 is 23.9 Å². The number of carbonyl (C=O) groups is 2. The average Bonchev–Trinajstić information content (AvgIpc) is 2.61. The summed E-state index contributed by atoms with van der Waals surface area (Å²) in [5.41, 5.74) is 2.99. The summed E-state index contributed by atoms with van der Waals surface area (Å²) < 4.78 is 10.6. The van der Waals surface area contributed by atoms with Crippen LogP contribution in [0.5, 0.6) is 0 Å². The highest BCUT2D eigenvalue weighted by Gasteiger charge is 2.51. The molecule has 0 unspecified atom stereocenters. The van der Waals surface area contributed by atoms with Crippen molar-refractivity contribution in [1.29, 1.82) is 0 Å². The Bertz CT molecular complexity index is 491. The lowest BCUT2D eigenvalue weighted by Gasteiger charge is -2.56. The quantitative estimate of drug-likeness (QED) is 0.361. The normalized spacial score (nSPS) is 34.3. The fraction of sp³-hybridized carbons (Fsp3) is 0.895. The minimum Gasteiger partial charge on any atom is -0.448 e. The first-order valence-electron chi connectivity index (χ1n) is 9.81. The van der Waals surface area contributed by atoms with Gasteiger partial charge in [-0.2, -0.15) is 12.6 Å². The third-order valence-electron chi connectivity index (χ3n) is 6.08. The molecule has 4 rings (SSSR count). The zero-order valence-corrected chi connectivity index (χ0v) is 16.6. The van der Waals surface area contributed by atoms with E-state index in [0.717, 1.165) is 37.0 Å². The fourth-order valence-electron chi connectivity index (χ4n) is 5.17. The van der Waals surface area contributed by atoms with Gasteiger partial charge in [-0.25, -0.2) is 4.79 Å². The maximum absolute atomic E-state index is 12.5. The molecule has 1 N–H and O–H groups in total. The SMILES string of the molecule is CCOC[C@H](OC(=O)[C@H](C)CS)C(=O)ONC12CC3CC(CC(C3)C1)C2. The number of thiol groups is 1. The summed E-state index contributed by atoms with van der Waals surface area (Å²) in [7, 11) is 0. The minimum atomic E-state index is -1.05. The van der Waals surface area contributed by atoms with Gasteiger partial charge in [0, 0.05) is 12.4 Å². The predicted molar refractivity (Wildman–Crippen MR) is 99.5 cm³/mol. The van der Waals surface area contributed by atoms with Crippen molar-refractivity contribution in [2.75, 3.05) is 19.0 Å². The van der Waals surface area contributed by atoms with Gasteiger partial charge in [-0.15, -0.1) is 5.48 Å². The highest BCUT2D eigenvalue weighted by molar-refractivity contribution is 7.80. The van der Waals surface area contributed by atoms with Crippen LogP contribution in [0.4, 0.5) is 0 Å². The first-order chi connectivity index (χ1) is 12.4. The molecule has 4 saturated carbocycles. The molecule has 0 aromatic carbocycles. The van der Waals surface area contributed by atoms with Gasteiger partial charge in [0.2, 0.25) is 6.10 Å². The van der Waals surface area contributed by atoms with Crippen LogP contribution < -0.4 is 5.48 Å². The molecule has 6 nitrogen and oxygen atoms in total. The first kappa shape index (κ1) is 20.0. The summed E-state index contributed by atoms with van der Waals surface area (Å²) in [4.78, 5) is 30.0. The molecule has 7 heteroatoms. The molecule has 0 amide bonds. The lowest BCUT2D eigenvalue weighted by molar-refractivity contribution is -0.187. The van der Waals surface area contributed by atoms with E-state index in [4.69, 9.17) is 14.3 Å². The summed E-state index contributed by atoms with van der Waals surface area (Å²) in [6, 6.07) is 0. The van der Waals surface area contributed by atoms with E-state index in [-0.39, 0.29) is 18.1 Å². The maximum atomic E-state index is 12.5. The zero-order chi connectivity index (χ0) is 18.7. The number of ether oxygens (including phenoxy) is 2. The monoisotopic (exact) mass is 385 g/mol. The van der Waals surface area contributed by atoms with Crippen LogP contribution in [0.15, 0.2) is 0 Å². The van der Waals surface area contributed by atoms with Gasteiger partial charge in [0.05, 0.1) is 18.1 Å². The fourth-order valence-corrected chi connectivity index (χ4v) is 5.31. The second-order valence-corrected chi connectivity index (χ2v) is 8.75. The Morgan fingerprint density at radius 1 is 1.12 bits per heavy atom. The largest absolute Gasteiger partial charge is 0.448 e. The van der Waals surface area contributed by atoms with Crippen LogP contribution in [0, 0.1) is 23.7 Å². The van der Waals surface area contributed by atoms with E-state index in [1.807, 2.05) is 6.92 Å². The third kappa shape index (κ3) is 4.54. The number of nitrogens with one attached hydrogen (secondary N) is 1. The van der Waals surface area contributed by atoms with Crippen molar-refractivity contribution in [2.45, 2.75) is 64.0 Å². The topological polar surface area (TPSA) is 73.9 Å². The van der Waals surface area contributed by atoms with Gasteiger partial charge in [-0.3, -0.25) is 4.79 Å². The molecule has 0 aromatic rings. The molecular formula is C19H31NO5S. The van der Waals surface area contributed by atoms with E-state index >= 15 is 0 Å². The van der Waals surface area contributed by atoms with Crippen LogP contribution in [0.3, 0.4) is 0 Å². The highest BCUT2D eigenvalue weighted by Crippen LogP contribution is 2.55. The summed E-state index contributed by atoms with van der Waals surface area (Å²) in [6.07, 6.45) is 6.12. The molecular weight excluding hydrogens is 354 g/mol. The maximum Gasteiger partial charge on any atom is 0.368 e. The van der Waals surface area contributed by atoms with Gasteiger partial charge >= 0.3 is 11.9 Å². The van der Waals surface area contributed by atoms with E-state index in [1.165, 1.54) is 19.3 Å². The van der Waals surface area contributed by atoms with Crippen molar-refractivity contribution in [3.63, 3.8) is 0 Å². The summed E-state index contributed by atoms with van der Waals surface area (Å²) >= 11 is 4.10. The molecule has 4 bridgehead atoms. The van der Waals surface area contributed by atoms with Gasteiger partial charge in [0.1, 0.15) is 0 Å². The van der Waals surface area contributed by atoms with Crippen molar-refractivity contribution in [1.82, 2.24) is 5.48 Å². The standard InChI is InChI=1S/C19H31NO5S/c1-3-23-10-16(24-17(21)12(2)11-26)18(22)25-20-19-7-13-4-14(8-19)6-15(5-13)9-19/h12-16,20,26H,3-11H2,1-2H3/t12-,13?,14?,15?,16+,19?/m1/s1. The lowest BCUT2D eigenvalue weighted by Crippen LogP contribution is -2.59. The summed E-state index contributed by atoms with van der Waals surface area (Å²) in [6.45, 7) is 3.98. The van der Waals surface area contributed by atoms with Crippen molar-refractivity contribution in [3.05, 3.63) is 0 Å². The molecule has 0 saturated heterocycles. The Morgan fingerprint density at radius 3 is 2.19 bits per heavy atom. The second-order valence-electron chi connectivity index (χ2n) is 8.39. The number of rotatable bonds is 9. The molecule has 0 spiro atoms. The van der Waals surface area contributed by atoms with E-state index in [0.29, 0.717) is 12.4 Å². The Balaban J connectivity index is 1.56. The molecule has 0 radical (unpaired) electrons. The molecule has 4 aliphatic rings. The molecule has 148 valence electrons. The number of hydroxylamine groups is 1. The molecule has 4 aliphatic carbocycles. The van der Waals surface area contributed by atoms with Gasteiger partial charge in [-0.05, 0) is 63.2 Å². The molecule has 0 aromatic heterocycles. The second kappa shape index (κ2) is 8.48. The molecule has 4 fully saturated rings. The third-order valence-corrected chi connectivity index (χ3v) is 6.62. The molecule has 0 heterocycles. The molecule has 26 heavy (non-hydrogen) atoms.